The third-order valence-electron chi connectivity index (χ3n) is 10.8. The number of ether oxygens (including phenoxy) is 9. The van der Waals surface area contributed by atoms with Gasteiger partial charge in [-0.2, -0.15) is 0 Å². The van der Waals surface area contributed by atoms with Crippen LogP contribution in [0.3, 0.4) is 0 Å². The predicted molar refractivity (Wildman–Crippen MR) is 189 cm³/mol. The zero-order chi connectivity index (χ0) is 34.8. The number of hydrogen-bond acceptors (Lipinski definition) is 9. The third-order valence-corrected chi connectivity index (χ3v) is 10.8. The van der Waals surface area contributed by atoms with Gasteiger partial charge < -0.3 is 42.6 Å². The lowest BCUT2D eigenvalue weighted by Gasteiger charge is -2.44. The molecule has 0 amide bonds. The van der Waals surface area contributed by atoms with E-state index in [-0.39, 0.29) is 26.5 Å². The topological polar surface area (TPSA) is 83.1 Å². The van der Waals surface area contributed by atoms with Crippen LogP contribution in [0.2, 0.25) is 0 Å². The van der Waals surface area contributed by atoms with E-state index < -0.39 is 12.2 Å². The standard InChI is InChI=1S/C39H68O9/c1-29(2)11-9-12-30(3)34-16-17-35-32(13-10-18-39(34,35)5)14-15-33-25-36(46-26-43-22-19-40-6)38(48-28-45-24-21-42-8)37(31(33)4)47-27-44-23-20-41-7/h14-15,29-30,34-38H,4,9-13,16-28H2,1-3,5-8H3/b32-14+,33-15-/t30-,34-,35+,36-,37-,38-,39-/m1/s1. The van der Waals surface area contributed by atoms with Crippen LogP contribution in [0.4, 0.5) is 0 Å². The highest BCUT2D eigenvalue weighted by atomic mass is 16.7. The maximum absolute atomic E-state index is 6.32. The van der Waals surface area contributed by atoms with E-state index in [1.807, 2.05) is 0 Å². The molecule has 0 aromatic heterocycles. The van der Waals surface area contributed by atoms with Crippen molar-refractivity contribution < 1.29 is 42.6 Å². The van der Waals surface area contributed by atoms with Gasteiger partial charge in [0.1, 0.15) is 32.6 Å². The molecule has 0 saturated heterocycles. The van der Waals surface area contributed by atoms with Crippen molar-refractivity contribution in [2.75, 3.05) is 81.3 Å². The molecule has 9 nitrogen and oxygen atoms in total. The lowest BCUT2D eigenvalue weighted by atomic mass is 9.60. The molecule has 7 atom stereocenters. The fourth-order valence-corrected chi connectivity index (χ4v) is 8.22. The monoisotopic (exact) mass is 680 g/mol. The Morgan fingerprint density at radius 3 is 2.04 bits per heavy atom. The summed E-state index contributed by atoms with van der Waals surface area (Å²) < 4.78 is 51.4. The second-order valence-corrected chi connectivity index (χ2v) is 14.5. The smallest absolute Gasteiger partial charge is 0.147 e. The summed E-state index contributed by atoms with van der Waals surface area (Å²) in [5.74, 6) is 3.00. The molecule has 3 fully saturated rings. The lowest BCUT2D eigenvalue weighted by Crippen LogP contribution is -2.48. The van der Waals surface area contributed by atoms with Gasteiger partial charge in [-0.05, 0) is 72.3 Å². The van der Waals surface area contributed by atoms with Crippen molar-refractivity contribution in [2.24, 2.45) is 29.1 Å². The molecule has 3 aliphatic carbocycles. The number of rotatable bonds is 24. The minimum absolute atomic E-state index is 0.0799. The third kappa shape index (κ3) is 12.6. The minimum Gasteiger partial charge on any atom is -0.382 e. The first-order chi connectivity index (χ1) is 23.3. The molecule has 0 N–H and O–H groups in total. The maximum Gasteiger partial charge on any atom is 0.147 e. The van der Waals surface area contributed by atoms with Crippen LogP contribution in [0.1, 0.15) is 85.5 Å². The number of fused-ring (bicyclic) bond motifs is 1. The van der Waals surface area contributed by atoms with Crippen molar-refractivity contribution in [3.8, 4) is 0 Å². The zero-order valence-corrected chi connectivity index (χ0v) is 31.3. The molecule has 0 heterocycles. The summed E-state index contributed by atoms with van der Waals surface area (Å²) in [5.41, 5.74) is 3.95. The quantitative estimate of drug-likeness (QED) is 0.0761. The van der Waals surface area contributed by atoms with Gasteiger partial charge in [-0.3, -0.25) is 0 Å². The molecule has 0 unspecified atom stereocenters. The first-order valence-electron chi connectivity index (χ1n) is 18.4. The molecule has 0 spiro atoms. The minimum atomic E-state index is -0.486. The van der Waals surface area contributed by atoms with E-state index in [0.717, 1.165) is 35.3 Å². The van der Waals surface area contributed by atoms with E-state index in [2.05, 4.69) is 46.4 Å². The highest BCUT2D eigenvalue weighted by Crippen LogP contribution is 2.60. The van der Waals surface area contributed by atoms with E-state index in [4.69, 9.17) is 42.6 Å². The molecule has 0 aromatic rings. The average Bonchev–Trinajstić information content (AvgIpc) is 3.43. The van der Waals surface area contributed by atoms with E-state index in [1.54, 1.807) is 26.9 Å². The first-order valence-corrected chi connectivity index (χ1v) is 18.4. The molecule has 0 bridgehead atoms. The van der Waals surface area contributed by atoms with Crippen LogP contribution in [0.5, 0.6) is 0 Å². The average molecular weight is 681 g/mol. The van der Waals surface area contributed by atoms with Gasteiger partial charge in [0, 0.05) is 27.8 Å². The molecular weight excluding hydrogens is 612 g/mol. The Morgan fingerprint density at radius 1 is 0.792 bits per heavy atom. The van der Waals surface area contributed by atoms with Crippen molar-refractivity contribution in [3.05, 3.63) is 35.5 Å². The van der Waals surface area contributed by atoms with Crippen LogP contribution in [-0.2, 0) is 42.6 Å². The van der Waals surface area contributed by atoms with Gasteiger partial charge in [-0.15, -0.1) is 0 Å². The molecule has 3 rings (SSSR count). The normalized spacial score (nSPS) is 30.1. The number of methoxy groups -OCH3 is 3. The summed E-state index contributed by atoms with van der Waals surface area (Å²) in [6.45, 7) is 17.4. The van der Waals surface area contributed by atoms with Gasteiger partial charge in [0.05, 0.1) is 45.7 Å². The van der Waals surface area contributed by atoms with Crippen molar-refractivity contribution in [2.45, 2.75) is 104 Å². The second kappa shape index (κ2) is 22.6. The Labute approximate surface area is 292 Å². The summed E-state index contributed by atoms with van der Waals surface area (Å²) in [6, 6.07) is 0. The maximum atomic E-state index is 6.32. The van der Waals surface area contributed by atoms with E-state index >= 15 is 0 Å². The van der Waals surface area contributed by atoms with Crippen LogP contribution < -0.4 is 0 Å². The van der Waals surface area contributed by atoms with E-state index in [9.17, 15) is 0 Å². The summed E-state index contributed by atoms with van der Waals surface area (Å²) >= 11 is 0. The Bertz CT molecular complexity index is 965. The molecule has 278 valence electrons. The van der Waals surface area contributed by atoms with E-state index in [1.165, 1.54) is 44.9 Å². The molecular formula is C39H68O9. The van der Waals surface area contributed by atoms with Crippen LogP contribution in [0.25, 0.3) is 0 Å². The highest BCUT2D eigenvalue weighted by molar-refractivity contribution is 5.40. The van der Waals surface area contributed by atoms with Crippen LogP contribution in [0.15, 0.2) is 35.5 Å². The van der Waals surface area contributed by atoms with Gasteiger partial charge in [0.15, 0.2) is 0 Å². The Hall–Kier alpha value is -1.14. The van der Waals surface area contributed by atoms with Crippen LogP contribution in [0, 0.1) is 29.1 Å². The highest BCUT2D eigenvalue weighted by Gasteiger charge is 2.50. The van der Waals surface area contributed by atoms with Crippen molar-refractivity contribution in [1.82, 2.24) is 0 Å². The summed E-state index contributed by atoms with van der Waals surface area (Å²) in [5, 5.41) is 0. The number of allylic oxidation sites excluding steroid dienone is 3. The van der Waals surface area contributed by atoms with Crippen LogP contribution in [-0.4, -0.2) is 99.7 Å². The molecule has 3 aliphatic rings. The summed E-state index contributed by atoms with van der Waals surface area (Å²) in [7, 11) is 4.95. The van der Waals surface area contributed by atoms with Gasteiger partial charge in [0.2, 0.25) is 0 Å². The van der Waals surface area contributed by atoms with E-state index in [0.29, 0.717) is 57.4 Å². The number of hydrogen-bond donors (Lipinski definition) is 0. The van der Waals surface area contributed by atoms with Crippen molar-refractivity contribution in [1.29, 1.82) is 0 Å². The van der Waals surface area contributed by atoms with Gasteiger partial charge in [0.25, 0.3) is 0 Å². The summed E-state index contributed by atoms with van der Waals surface area (Å²) in [4.78, 5) is 0. The second-order valence-electron chi connectivity index (χ2n) is 14.5. The van der Waals surface area contributed by atoms with Crippen LogP contribution >= 0.6 is 0 Å². The van der Waals surface area contributed by atoms with Gasteiger partial charge >= 0.3 is 0 Å². The Balaban J connectivity index is 1.80. The fraction of sp³-hybridized carbons (Fsp3) is 0.846. The van der Waals surface area contributed by atoms with Gasteiger partial charge in [-0.1, -0.05) is 71.3 Å². The van der Waals surface area contributed by atoms with Crippen molar-refractivity contribution in [3.63, 3.8) is 0 Å². The first kappa shape index (κ1) is 41.3. The SMILES string of the molecule is C=C1/C(=C\C=C2/CCC[C@]3(C)[C@@H]([C@H](C)CCCC(C)C)CC[C@@H]23)C[C@@H](OCOCCOC)[C@@H](OCOCCOC)[C@@H]1OCOCCOC. The summed E-state index contributed by atoms with van der Waals surface area (Å²) in [6.07, 6.45) is 14.4. The predicted octanol–water partition coefficient (Wildman–Crippen LogP) is 7.50. The van der Waals surface area contributed by atoms with Gasteiger partial charge in [-0.25, -0.2) is 0 Å². The zero-order valence-electron chi connectivity index (χ0n) is 31.3. The fourth-order valence-electron chi connectivity index (χ4n) is 8.22. The molecule has 48 heavy (non-hydrogen) atoms. The Kier molecular flexibility index (Phi) is 19.5. The molecule has 0 aliphatic heterocycles. The lowest BCUT2D eigenvalue weighted by molar-refractivity contribution is -0.214. The molecule has 9 heteroatoms. The van der Waals surface area contributed by atoms with Crippen molar-refractivity contribution >= 4 is 0 Å². The molecule has 3 saturated carbocycles. The Morgan fingerprint density at radius 2 is 1.42 bits per heavy atom. The largest absolute Gasteiger partial charge is 0.382 e. The molecule has 0 radical (unpaired) electrons. The molecule has 0 aromatic carbocycles.